The third-order valence-electron chi connectivity index (χ3n) is 4.86. The summed E-state index contributed by atoms with van der Waals surface area (Å²) in [6.07, 6.45) is 0. The van der Waals surface area contributed by atoms with Gasteiger partial charge < -0.3 is 9.47 Å². The molecule has 1 aliphatic rings. The predicted octanol–water partition coefficient (Wildman–Crippen LogP) is 3.52. The summed E-state index contributed by atoms with van der Waals surface area (Å²) in [5.41, 5.74) is 2.27. The van der Waals surface area contributed by atoms with Crippen LogP contribution in [0.5, 0.6) is 11.5 Å². The van der Waals surface area contributed by atoms with Gasteiger partial charge in [0.15, 0.2) is 16.6 Å². The average Bonchev–Trinajstić information content (AvgIpc) is 3.29. The Morgan fingerprint density at radius 3 is 2.32 bits per heavy atom. The summed E-state index contributed by atoms with van der Waals surface area (Å²) in [7, 11) is 2.91. The average molecular weight is 437 g/mol. The maximum atomic E-state index is 12.8. The fraction of sp³-hybridized carbons (Fsp3) is 0.182. The van der Waals surface area contributed by atoms with Gasteiger partial charge in [0, 0.05) is 16.5 Å². The number of carbonyl (C=O) groups excluding carboxylic acids is 3. The molecule has 9 heteroatoms. The zero-order valence-electron chi connectivity index (χ0n) is 17.1. The number of fused-ring (bicyclic) bond motifs is 1. The van der Waals surface area contributed by atoms with Crippen molar-refractivity contribution >= 4 is 34.2 Å². The highest BCUT2D eigenvalue weighted by Crippen LogP contribution is 2.35. The van der Waals surface area contributed by atoms with Crippen LogP contribution in [0.3, 0.4) is 0 Å². The Bertz CT molecular complexity index is 1170. The number of benzene rings is 2. The Balaban J connectivity index is 1.68. The first-order chi connectivity index (χ1) is 14.9. The molecule has 31 heavy (non-hydrogen) atoms. The lowest BCUT2D eigenvalue weighted by Gasteiger charge is -2.19. The van der Waals surface area contributed by atoms with Crippen LogP contribution in [0.2, 0.25) is 0 Å². The van der Waals surface area contributed by atoms with Crippen molar-refractivity contribution in [3.8, 4) is 11.5 Å². The molecule has 1 aliphatic heterocycles. The van der Waals surface area contributed by atoms with Gasteiger partial charge in [-0.2, -0.15) is 0 Å². The molecule has 2 aromatic carbocycles. The van der Waals surface area contributed by atoms with Gasteiger partial charge in [0.25, 0.3) is 17.7 Å². The first-order valence-corrected chi connectivity index (χ1v) is 10.2. The lowest BCUT2D eigenvalue weighted by atomic mass is 10.1. The Morgan fingerprint density at radius 1 is 1.10 bits per heavy atom. The Labute approximate surface area is 182 Å². The SMILES string of the molecule is COc1cc(C(=O)Nc2nc(C)cs2)cc(CN2C(=O)c3ccccc3C2=O)c1OC. The maximum Gasteiger partial charge on any atom is 0.261 e. The van der Waals surface area contributed by atoms with Gasteiger partial charge in [-0.15, -0.1) is 11.3 Å². The molecule has 0 unspecified atom stereocenters. The summed E-state index contributed by atoms with van der Waals surface area (Å²) in [4.78, 5) is 43.7. The fourth-order valence-corrected chi connectivity index (χ4v) is 4.11. The number of carbonyl (C=O) groups is 3. The molecule has 4 rings (SSSR count). The minimum absolute atomic E-state index is 0.0661. The van der Waals surface area contributed by atoms with Gasteiger partial charge in [-0.3, -0.25) is 24.6 Å². The van der Waals surface area contributed by atoms with Crippen LogP contribution in [0.4, 0.5) is 5.13 Å². The van der Waals surface area contributed by atoms with Crippen molar-refractivity contribution in [3.63, 3.8) is 0 Å². The lowest BCUT2D eigenvalue weighted by Crippen LogP contribution is -2.29. The summed E-state index contributed by atoms with van der Waals surface area (Å²) in [6.45, 7) is 1.77. The molecule has 0 atom stereocenters. The van der Waals surface area contributed by atoms with Gasteiger partial charge in [-0.05, 0) is 31.2 Å². The van der Waals surface area contributed by atoms with Gasteiger partial charge in [0.05, 0.1) is 37.6 Å². The topological polar surface area (TPSA) is 97.8 Å². The molecule has 158 valence electrons. The number of anilines is 1. The summed E-state index contributed by atoms with van der Waals surface area (Å²) >= 11 is 1.32. The van der Waals surface area contributed by atoms with Crippen molar-refractivity contribution in [2.45, 2.75) is 13.5 Å². The highest BCUT2D eigenvalue weighted by molar-refractivity contribution is 7.13. The van der Waals surface area contributed by atoms with E-state index in [1.54, 1.807) is 36.4 Å². The van der Waals surface area contributed by atoms with Crippen LogP contribution in [0.1, 0.15) is 42.3 Å². The van der Waals surface area contributed by atoms with E-state index in [0.717, 1.165) is 10.6 Å². The molecule has 8 nitrogen and oxygen atoms in total. The van der Waals surface area contributed by atoms with E-state index in [1.165, 1.54) is 25.6 Å². The number of hydrogen-bond donors (Lipinski definition) is 1. The number of ether oxygens (including phenoxy) is 2. The van der Waals surface area contributed by atoms with Crippen molar-refractivity contribution in [3.05, 3.63) is 69.7 Å². The van der Waals surface area contributed by atoms with Crippen molar-refractivity contribution < 1.29 is 23.9 Å². The molecule has 0 bridgehead atoms. The van der Waals surface area contributed by atoms with Crippen LogP contribution in [-0.4, -0.2) is 41.8 Å². The van der Waals surface area contributed by atoms with Crippen molar-refractivity contribution in [2.24, 2.45) is 0 Å². The zero-order chi connectivity index (χ0) is 22.1. The third-order valence-corrected chi connectivity index (χ3v) is 5.74. The van der Waals surface area contributed by atoms with E-state index < -0.39 is 11.8 Å². The number of aromatic nitrogens is 1. The molecule has 3 aromatic rings. The summed E-state index contributed by atoms with van der Waals surface area (Å²) < 4.78 is 10.9. The molecule has 0 radical (unpaired) electrons. The van der Waals surface area contributed by atoms with Gasteiger partial charge in [0.1, 0.15) is 0 Å². The highest BCUT2D eigenvalue weighted by atomic mass is 32.1. The molecular formula is C22H19N3O5S. The van der Waals surface area contributed by atoms with Crippen molar-refractivity contribution in [1.29, 1.82) is 0 Å². The van der Waals surface area contributed by atoms with Crippen LogP contribution >= 0.6 is 11.3 Å². The smallest absolute Gasteiger partial charge is 0.261 e. The normalized spacial score (nSPS) is 12.7. The molecule has 0 spiro atoms. The number of thiazole rings is 1. The Morgan fingerprint density at radius 2 is 1.77 bits per heavy atom. The fourth-order valence-electron chi connectivity index (χ4n) is 3.43. The molecule has 0 saturated heterocycles. The molecular weight excluding hydrogens is 418 g/mol. The number of aryl methyl sites for hydroxylation is 1. The molecule has 3 amide bonds. The largest absolute Gasteiger partial charge is 0.493 e. The summed E-state index contributed by atoms with van der Waals surface area (Å²) in [6, 6.07) is 9.78. The molecule has 0 saturated carbocycles. The molecule has 0 fully saturated rings. The van der Waals surface area contributed by atoms with E-state index >= 15 is 0 Å². The van der Waals surface area contributed by atoms with Gasteiger partial charge in [-0.25, -0.2) is 4.98 Å². The van der Waals surface area contributed by atoms with Gasteiger partial charge in [0.2, 0.25) is 0 Å². The van der Waals surface area contributed by atoms with Crippen LogP contribution in [0, 0.1) is 6.92 Å². The third kappa shape index (κ3) is 3.75. The first-order valence-electron chi connectivity index (χ1n) is 9.36. The van der Waals surface area contributed by atoms with Crippen LogP contribution < -0.4 is 14.8 Å². The monoisotopic (exact) mass is 437 g/mol. The molecule has 1 aromatic heterocycles. The summed E-state index contributed by atoms with van der Waals surface area (Å²) in [5, 5.41) is 5.05. The lowest BCUT2D eigenvalue weighted by molar-refractivity contribution is 0.0641. The highest BCUT2D eigenvalue weighted by Gasteiger charge is 2.36. The van der Waals surface area contributed by atoms with Crippen LogP contribution in [0.15, 0.2) is 41.8 Å². The second kappa shape index (κ2) is 8.19. The van der Waals surface area contributed by atoms with Gasteiger partial charge >= 0.3 is 0 Å². The van der Waals surface area contributed by atoms with Crippen molar-refractivity contribution in [1.82, 2.24) is 9.88 Å². The quantitative estimate of drug-likeness (QED) is 0.593. The molecule has 0 aliphatic carbocycles. The minimum Gasteiger partial charge on any atom is -0.493 e. The van der Waals surface area contributed by atoms with Crippen LogP contribution in [-0.2, 0) is 6.54 Å². The second-order valence-corrected chi connectivity index (χ2v) is 7.72. The maximum absolute atomic E-state index is 12.8. The van der Waals surface area contributed by atoms with Gasteiger partial charge in [-0.1, -0.05) is 12.1 Å². The number of rotatable bonds is 6. The number of methoxy groups -OCH3 is 2. The number of amides is 3. The first kappa shape index (κ1) is 20.5. The summed E-state index contributed by atoms with van der Waals surface area (Å²) in [5.74, 6) is -0.513. The zero-order valence-corrected chi connectivity index (χ0v) is 17.9. The van der Waals surface area contributed by atoms with Crippen LogP contribution in [0.25, 0.3) is 0 Å². The van der Waals surface area contributed by atoms with E-state index in [4.69, 9.17) is 9.47 Å². The van der Waals surface area contributed by atoms with E-state index in [9.17, 15) is 14.4 Å². The Hall–Kier alpha value is -3.72. The van der Waals surface area contributed by atoms with E-state index in [-0.39, 0.29) is 18.0 Å². The number of nitrogens with one attached hydrogen (secondary N) is 1. The molecule has 2 heterocycles. The standard InChI is InChI=1S/C22H19N3O5S/c1-12-11-31-22(23-12)24-19(26)13-8-14(18(30-3)17(9-13)29-2)10-25-20(27)15-6-4-5-7-16(15)21(25)28/h4-9,11H,10H2,1-3H3,(H,23,24,26). The van der Waals surface area contributed by atoms with E-state index in [1.807, 2.05) is 12.3 Å². The second-order valence-electron chi connectivity index (χ2n) is 6.86. The van der Waals surface area contributed by atoms with E-state index in [0.29, 0.717) is 33.3 Å². The number of nitrogens with zero attached hydrogens (tertiary/aromatic N) is 2. The molecule has 1 N–H and O–H groups in total. The number of hydrogen-bond acceptors (Lipinski definition) is 7. The minimum atomic E-state index is -0.394. The van der Waals surface area contributed by atoms with E-state index in [2.05, 4.69) is 10.3 Å². The van der Waals surface area contributed by atoms with Crippen molar-refractivity contribution in [2.75, 3.05) is 19.5 Å². The number of imide groups is 1. The Kier molecular flexibility index (Phi) is 5.43. The predicted molar refractivity (Wildman–Crippen MR) is 115 cm³/mol.